The lowest BCUT2D eigenvalue weighted by molar-refractivity contribution is -0.143. The zero-order valence-corrected chi connectivity index (χ0v) is 49.9. The van der Waals surface area contributed by atoms with E-state index in [9.17, 15) is 29.4 Å². The minimum Gasteiger partial charge on any atom is -0.379 e. The van der Waals surface area contributed by atoms with Crippen molar-refractivity contribution in [1.29, 1.82) is 0 Å². The number of aliphatic hydroxyl groups excluding tert-OH is 1. The van der Waals surface area contributed by atoms with E-state index in [1.54, 1.807) is 29.6 Å². The van der Waals surface area contributed by atoms with Crippen LogP contribution in [-0.2, 0) is 63.4 Å². The van der Waals surface area contributed by atoms with Crippen molar-refractivity contribution in [2.45, 2.75) is 136 Å². The van der Waals surface area contributed by atoms with Crippen LogP contribution in [0.15, 0.2) is 29.6 Å². The second-order valence-electron chi connectivity index (χ2n) is 20.3. The van der Waals surface area contributed by atoms with Crippen molar-refractivity contribution in [3.05, 3.63) is 45.9 Å². The van der Waals surface area contributed by atoms with Crippen LogP contribution in [0.4, 0.5) is 5.69 Å². The van der Waals surface area contributed by atoms with Crippen LogP contribution < -0.4 is 21.7 Å². The molecule has 1 aromatic carbocycles. The van der Waals surface area contributed by atoms with E-state index < -0.39 is 30.4 Å². The SMILES string of the molecule is CCCO[C@H](C[C@H](C(C)C)N(CCC)C(=O)[C@@H](NC(=O)[C@H]1CCCCN1C)[C@@H](C)CC)c1nc(C(=O)N[C@@H](Cc2ccc(NC(=O)CCOCCOCCOCCOCCOCCOCCOCCOCCN)cc2)C(O)O)cs1. The van der Waals surface area contributed by atoms with Crippen LogP contribution in [0.2, 0.25) is 0 Å². The lowest BCUT2D eigenvalue weighted by Crippen LogP contribution is -2.58. The Morgan fingerprint density at radius 1 is 0.750 bits per heavy atom. The Kier molecular flexibility index (Phi) is 37.8. The second kappa shape index (κ2) is 42.9. The Morgan fingerprint density at radius 3 is 1.79 bits per heavy atom. The van der Waals surface area contributed by atoms with Gasteiger partial charge in [0, 0.05) is 43.2 Å². The molecule has 0 saturated carbocycles. The van der Waals surface area contributed by atoms with Crippen molar-refractivity contribution in [2.75, 3.05) is 144 Å². The highest BCUT2D eigenvalue weighted by Crippen LogP contribution is 2.32. The molecule has 1 saturated heterocycles. The number of hydrogen-bond donors (Lipinski definition) is 6. The molecule has 1 fully saturated rings. The molecule has 458 valence electrons. The molecule has 1 aliphatic heterocycles. The number of ether oxygens (including phenoxy) is 9. The van der Waals surface area contributed by atoms with Crippen LogP contribution in [0.1, 0.15) is 120 Å². The number of thiazole rings is 1. The minimum atomic E-state index is -1.88. The molecule has 3 rings (SSSR count). The predicted octanol–water partition coefficient (Wildman–Crippen LogP) is 4.35. The second-order valence-corrected chi connectivity index (χ2v) is 21.1. The maximum absolute atomic E-state index is 14.7. The number of aromatic nitrogens is 1. The van der Waals surface area contributed by atoms with Crippen molar-refractivity contribution < 1.29 is 72.0 Å². The van der Waals surface area contributed by atoms with Gasteiger partial charge in [-0.25, -0.2) is 4.98 Å². The Bertz CT molecular complexity index is 1950. The number of likely N-dealkylation sites (N-methyl/N-ethyl adjacent to an activating group) is 1. The number of hydrogen-bond acceptors (Lipinski definition) is 19. The smallest absolute Gasteiger partial charge is 0.271 e. The van der Waals surface area contributed by atoms with Crippen molar-refractivity contribution >= 4 is 40.7 Å². The van der Waals surface area contributed by atoms with Gasteiger partial charge in [-0.3, -0.25) is 24.1 Å². The average Bonchev–Trinajstić information content (AvgIpc) is 3.96. The Labute approximate surface area is 480 Å². The first kappa shape index (κ1) is 70.5. The number of benzene rings is 1. The number of rotatable bonds is 47. The summed E-state index contributed by atoms with van der Waals surface area (Å²) in [5.74, 6) is -1.10. The number of carbonyl (C=O) groups is 4. The third-order valence-electron chi connectivity index (χ3n) is 13.5. The number of amides is 4. The lowest BCUT2D eigenvalue weighted by atomic mass is 9.92. The first-order valence-corrected chi connectivity index (χ1v) is 29.9. The van der Waals surface area contributed by atoms with Crippen LogP contribution in [0.25, 0.3) is 0 Å². The number of likely N-dealkylation sites (tertiary alicyclic amines) is 1. The maximum Gasteiger partial charge on any atom is 0.271 e. The summed E-state index contributed by atoms with van der Waals surface area (Å²) < 4.78 is 50.1. The van der Waals surface area contributed by atoms with Crippen molar-refractivity contribution in [3.8, 4) is 0 Å². The molecule has 1 aliphatic rings. The Balaban J connectivity index is 1.39. The molecule has 4 amide bonds. The standard InChI is InChI=1S/C57H99N7O15S/c1-8-20-64(56(68)52(43(6)10-3)62-54(67)48-13-11-12-21-63(48)7)49(42(4)5)40-50(79-22-9-2)55-61-47(41-80-55)53(66)60-46(57(69)70)39-44-14-16-45(17-15-44)59-51(65)18-23-71-25-27-73-29-31-75-33-35-77-37-38-78-36-34-76-32-30-74-28-26-72-24-19-58/h14-17,41-43,46,48-50,52,57,69-70H,8-13,18-40,58H2,1-7H3,(H,59,65)(H,60,66)(H,62,67)/t43-,46-,48+,49+,50+,52-/m0/s1. The predicted molar refractivity (Wildman–Crippen MR) is 306 cm³/mol. The molecule has 7 N–H and O–H groups in total. The van der Waals surface area contributed by atoms with Gasteiger partial charge in [-0.1, -0.05) is 66.5 Å². The van der Waals surface area contributed by atoms with Crippen molar-refractivity contribution in [2.24, 2.45) is 17.6 Å². The highest BCUT2D eigenvalue weighted by molar-refractivity contribution is 7.09. The van der Waals surface area contributed by atoms with Crippen LogP contribution >= 0.6 is 11.3 Å². The van der Waals surface area contributed by atoms with Crippen LogP contribution in [0.5, 0.6) is 0 Å². The van der Waals surface area contributed by atoms with E-state index in [2.05, 4.69) is 34.7 Å². The topological polar surface area (TPSA) is 273 Å². The van der Waals surface area contributed by atoms with E-state index in [0.29, 0.717) is 148 Å². The van der Waals surface area contributed by atoms with Gasteiger partial charge in [0.1, 0.15) is 22.8 Å². The fourth-order valence-corrected chi connectivity index (χ4v) is 9.64. The summed E-state index contributed by atoms with van der Waals surface area (Å²) in [7, 11) is 1.97. The highest BCUT2D eigenvalue weighted by Gasteiger charge is 2.38. The fourth-order valence-electron chi connectivity index (χ4n) is 8.78. The molecule has 0 spiro atoms. The minimum absolute atomic E-state index is 0.0236. The van der Waals surface area contributed by atoms with Gasteiger partial charge in [-0.05, 0) is 75.2 Å². The maximum atomic E-state index is 14.7. The van der Waals surface area contributed by atoms with Gasteiger partial charge < -0.3 is 79.4 Å². The zero-order chi connectivity index (χ0) is 58.3. The number of carbonyl (C=O) groups excluding carboxylic acids is 4. The van der Waals surface area contributed by atoms with Gasteiger partial charge in [0.2, 0.25) is 17.7 Å². The molecule has 2 aromatic rings. The fraction of sp³-hybridized carbons (Fsp3) is 0.772. The van der Waals surface area contributed by atoms with Crippen LogP contribution in [-0.4, -0.2) is 218 Å². The van der Waals surface area contributed by atoms with E-state index in [1.165, 1.54) is 11.3 Å². The Hall–Kier alpha value is -3.79. The number of piperidine rings is 1. The van der Waals surface area contributed by atoms with E-state index in [-0.39, 0.29) is 66.8 Å². The average molecular weight is 1150 g/mol. The number of aliphatic hydroxyl groups is 2. The summed E-state index contributed by atoms with van der Waals surface area (Å²) in [6, 6.07) is 4.59. The third kappa shape index (κ3) is 28.5. The molecule has 6 atom stereocenters. The summed E-state index contributed by atoms with van der Waals surface area (Å²) in [4.78, 5) is 63.4. The van der Waals surface area contributed by atoms with Gasteiger partial charge in [-0.15, -0.1) is 11.3 Å². The van der Waals surface area contributed by atoms with E-state index in [0.717, 1.165) is 38.6 Å². The van der Waals surface area contributed by atoms with Crippen LogP contribution in [0, 0.1) is 11.8 Å². The molecule has 0 bridgehead atoms. The lowest BCUT2D eigenvalue weighted by Gasteiger charge is -2.40. The van der Waals surface area contributed by atoms with E-state index >= 15 is 0 Å². The summed E-state index contributed by atoms with van der Waals surface area (Å²) in [5, 5.41) is 31.7. The zero-order valence-electron chi connectivity index (χ0n) is 49.0. The van der Waals surface area contributed by atoms with E-state index in [1.807, 2.05) is 39.6 Å². The molecular formula is C57H99N7O15S. The number of nitrogens with zero attached hydrogens (tertiary/aromatic N) is 3. The van der Waals surface area contributed by atoms with Gasteiger partial charge in [0.05, 0.1) is 124 Å². The first-order valence-electron chi connectivity index (χ1n) is 29.0. The Morgan fingerprint density at radius 2 is 1.30 bits per heavy atom. The third-order valence-corrected chi connectivity index (χ3v) is 14.4. The van der Waals surface area contributed by atoms with Gasteiger partial charge in [0.15, 0.2) is 6.29 Å². The molecule has 0 radical (unpaired) electrons. The summed E-state index contributed by atoms with van der Waals surface area (Å²) in [5.41, 5.74) is 6.70. The summed E-state index contributed by atoms with van der Waals surface area (Å²) in [6.45, 7) is 21.6. The van der Waals surface area contributed by atoms with Crippen molar-refractivity contribution in [1.82, 2.24) is 25.4 Å². The quantitative estimate of drug-likeness (QED) is 0.0397. The molecule has 80 heavy (non-hydrogen) atoms. The summed E-state index contributed by atoms with van der Waals surface area (Å²) in [6.07, 6.45) is 3.17. The summed E-state index contributed by atoms with van der Waals surface area (Å²) >= 11 is 1.27. The normalized spacial score (nSPS) is 15.9. The highest BCUT2D eigenvalue weighted by atomic mass is 32.1. The molecule has 2 heterocycles. The molecule has 23 heteroatoms. The molecule has 22 nitrogen and oxygen atoms in total. The molecular weight excluding hydrogens is 1050 g/mol. The van der Waals surface area contributed by atoms with Crippen LogP contribution in [0.3, 0.4) is 0 Å². The number of nitrogens with two attached hydrogens (primary N) is 1. The first-order chi connectivity index (χ1) is 38.7. The number of anilines is 1. The number of nitrogens with one attached hydrogen (secondary N) is 3. The van der Waals surface area contributed by atoms with Crippen molar-refractivity contribution in [3.63, 3.8) is 0 Å². The molecule has 1 aromatic heterocycles. The molecule has 0 unspecified atom stereocenters. The van der Waals surface area contributed by atoms with Gasteiger partial charge >= 0.3 is 0 Å². The largest absolute Gasteiger partial charge is 0.379 e. The van der Waals surface area contributed by atoms with Gasteiger partial charge in [-0.2, -0.15) is 0 Å². The van der Waals surface area contributed by atoms with E-state index in [4.69, 9.17) is 53.3 Å². The monoisotopic (exact) mass is 1150 g/mol. The molecule has 0 aliphatic carbocycles. The van der Waals surface area contributed by atoms with Gasteiger partial charge in [0.25, 0.3) is 5.91 Å².